The number of nitrogens with one attached hydrogen (secondary N) is 1. The maximum atomic E-state index is 14.4. The number of ether oxygens (including phenoxy) is 6. The molecule has 3 N–H and O–H groups in total. The van der Waals surface area contributed by atoms with Gasteiger partial charge in [-0.05, 0) is 95.5 Å². The van der Waals surface area contributed by atoms with E-state index in [9.17, 15) is 39.0 Å². The average Bonchev–Trinajstić information content (AvgIpc) is 3.25. The van der Waals surface area contributed by atoms with Gasteiger partial charge < -0.3 is 48.9 Å². The number of allylic oxidation sites excluding steroid dienone is 3. The molecule has 2 saturated heterocycles. The zero-order chi connectivity index (χ0) is 46.8. The molecular weight excluding hydrogens is 817 g/mol. The van der Waals surface area contributed by atoms with E-state index >= 15 is 0 Å². The van der Waals surface area contributed by atoms with Crippen LogP contribution in [0.5, 0.6) is 0 Å². The summed E-state index contributed by atoms with van der Waals surface area (Å²) < 4.78 is 34.9. The fourth-order valence-electron chi connectivity index (χ4n) is 10.00. The van der Waals surface area contributed by atoms with Crippen LogP contribution in [0.2, 0.25) is 0 Å². The van der Waals surface area contributed by atoms with Gasteiger partial charge in [-0.25, -0.2) is 4.79 Å². The number of Topliss-reactive ketones (excluding diaryl/α,β-unsaturated/α-hetero) is 2. The summed E-state index contributed by atoms with van der Waals surface area (Å²) in [7, 11) is 4.60. The lowest BCUT2D eigenvalue weighted by Gasteiger charge is -2.47. The van der Waals surface area contributed by atoms with Crippen molar-refractivity contribution in [2.45, 2.75) is 174 Å². The molecule has 0 spiro atoms. The summed E-state index contributed by atoms with van der Waals surface area (Å²) in [5, 5.41) is 26.7. The van der Waals surface area contributed by atoms with Gasteiger partial charge >= 0.3 is 11.9 Å². The van der Waals surface area contributed by atoms with Crippen LogP contribution in [0.3, 0.4) is 0 Å². The van der Waals surface area contributed by atoms with Gasteiger partial charge in [0.2, 0.25) is 5.79 Å². The van der Waals surface area contributed by atoms with Crippen LogP contribution >= 0.6 is 0 Å². The Morgan fingerprint density at radius 2 is 1.60 bits per heavy atom. The minimum absolute atomic E-state index is 0.0116. The van der Waals surface area contributed by atoms with Gasteiger partial charge in [-0.3, -0.25) is 24.0 Å². The highest BCUT2D eigenvalue weighted by Crippen LogP contribution is 2.39. The molecule has 3 heterocycles. The highest BCUT2D eigenvalue weighted by atomic mass is 16.7. The number of carbonyl (C=O) groups excluding carboxylic acids is 6. The molecule has 3 fully saturated rings. The number of carbonyl (C=O) groups is 6. The van der Waals surface area contributed by atoms with E-state index in [0.29, 0.717) is 56.9 Å². The van der Waals surface area contributed by atoms with Crippen LogP contribution in [0.1, 0.15) is 119 Å². The number of hydrogen-bond acceptors (Lipinski definition) is 14. The molecule has 63 heavy (non-hydrogen) atoms. The van der Waals surface area contributed by atoms with Gasteiger partial charge in [0.25, 0.3) is 17.6 Å². The molecule has 3 aliphatic heterocycles. The third-order valence-corrected chi connectivity index (χ3v) is 13.7. The molecule has 14 atom stereocenters. The summed E-state index contributed by atoms with van der Waals surface area (Å²) in [5.41, 5.74) is 1.59. The van der Waals surface area contributed by atoms with E-state index in [1.165, 1.54) is 26.0 Å². The predicted octanol–water partition coefficient (Wildman–Crippen LogP) is 4.16. The molecule has 2 bridgehead atoms. The number of amides is 2. The fraction of sp³-hybridized carbons (Fsp3) is 0.787. The van der Waals surface area contributed by atoms with Gasteiger partial charge in [0.15, 0.2) is 6.61 Å². The van der Waals surface area contributed by atoms with E-state index in [1.807, 2.05) is 32.9 Å². The SMILES string of the molecule is CC[C@@H]1/C=C(\C)C[C@H](C)C[C@H](OC)[C@H]2O[C@@](O)(C(=O)C(=O)N3CCCC[C@H]3C(=O)O[C@H](/C(C)=C/[C@@H]3CC[C@H](NC(=O)COC(C)=O)[C@H](OC)C3)[C@H](C)[C@@H](O)CC1=O)[C@H](C)C[C@@H]2OC. The summed E-state index contributed by atoms with van der Waals surface area (Å²) in [6, 6.07) is -1.51. The normalized spacial score (nSPS) is 38.0. The lowest BCUT2D eigenvalue weighted by molar-refractivity contribution is -0.302. The van der Waals surface area contributed by atoms with Crippen molar-refractivity contribution in [3.63, 3.8) is 0 Å². The van der Waals surface area contributed by atoms with Crippen LogP contribution in [0.25, 0.3) is 0 Å². The number of aliphatic hydroxyl groups is 2. The molecule has 0 unspecified atom stereocenters. The van der Waals surface area contributed by atoms with E-state index < -0.39 is 96.2 Å². The molecule has 4 aliphatic rings. The Morgan fingerprint density at radius 3 is 2.24 bits per heavy atom. The van der Waals surface area contributed by atoms with Gasteiger partial charge in [0, 0.05) is 59.0 Å². The van der Waals surface area contributed by atoms with Gasteiger partial charge in [-0.15, -0.1) is 0 Å². The third-order valence-electron chi connectivity index (χ3n) is 13.7. The zero-order valence-electron chi connectivity index (χ0n) is 39.1. The van der Waals surface area contributed by atoms with Crippen LogP contribution in [0.4, 0.5) is 0 Å². The third kappa shape index (κ3) is 13.3. The van der Waals surface area contributed by atoms with Crippen molar-refractivity contribution in [3.05, 3.63) is 23.3 Å². The Balaban J connectivity index is 1.71. The number of ketones is 2. The van der Waals surface area contributed by atoms with E-state index in [-0.39, 0.29) is 55.6 Å². The molecule has 16 heteroatoms. The van der Waals surface area contributed by atoms with Crippen molar-refractivity contribution in [2.24, 2.45) is 29.6 Å². The molecule has 0 aromatic carbocycles. The first kappa shape index (κ1) is 52.1. The Bertz CT molecular complexity index is 1680. The number of piperidine rings is 1. The van der Waals surface area contributed by atoms with Crippen LogP contribution < -0.4 is 5.32 Å². The first-order chi connectivity index (χ1) is 29.8. The molecule has 4 rings (SSSR count). The fourth-order valence-corrected chi connectivity index (χ4v) is 10.00. The van der Waals surface area contributed by atoms with E-state index in [1.54, 1.807) is 27.9 Å². The van der Waals surface area contributed by atoms with Crippen LogP contribution in [-0.4, -0.2) is 139 Å². The number of rotatable bonds is 9. The molecule has 0 aromatic heterocycles. The van der Waals surface area contributed by atoms with Gasteiger partial charge in [-0.2, -0.15) is 0 Å². The molecular formula is C47H74N2O14. The average molecular weight is 891 g/mol. The lowest BCUT2D eigenvalue weighted by Crippen LogP contribution is -2.64. The Morgan fingerprint density at radius 1 is 0.937 bits per heavy atom. The van der Waals surface area contributed by atoms with Crippen LogP contribution in [0, 0.1) is 29.6 Å². The Hall–Kier alpha value is -3.54. The number of methoxy groups -OCH3 is 3. The first-order valence-corrected chi connectivity index (χ1v) is 22.8. The standard InChI is InChI=1S/C47H74N2O14/c1-11-33-19-26(2)18-27(3)20-39(59-9)43-40(60-10)22-29(5)47(57,63-43)44(54)45(55)49-17-13-12-14-35(49)46(56)62-42(30(6)36(51)24-37(33)52)28(4)21-32-15-16-34(38(23-32)58-8)48-41(53)25-61-31(7)50/h19,21,27,29-30,32-36,38-40,42-43,51,57H,11-18,20,22-25H2,1-10H3,(H,48,53)/b26-19+,28-21+/t27-,29+,30+,32-,33+,34-,35-,36-,38+,39-,40-,42+,43+,47+/m0/s1. The quantitative estimate of drug-likeness (QED) is 0.169. The van der Waals surface area contributed by atoms with Crippen molar-refractivity contribution in [1.29, 1.82) is 0 Å². The number of cyclic esters (lactones) is 1. The number of esters is 2. The molecule has 0 aromatic rings. The smallest absolute Gasteiger partial charge is 0.329 e. The maximum absolute atomic E-state index is 14.4. The van der Waals surface area contributed by atoms with E-state index in [4.69, 9.17) is 28.4 Å². The maximum Gasteiger partial charge on any atom is 0.329 e. The van der Waals surface area contributed by atoms with Crippen molar-refractivity contribution in [2.75, 3.05) is 34.5 Å². The van der Waals surface area contributed by atoms with Gasteiger partial charge in [-0.1, -0.05) is 45.4 Å². The van der Waals surface area contributed by atoms with Crippen molar-refractivity contribution in [3.8, 4) is 0 Å². The van der Waals surface area contributed by atoms with Crippen LogP contribution in [-0.2, 0) is 57.2 Å². The molecule has 0 radical (unpaired) electrons. The topological polar surface area (TPSA) is 214 Å². The van der Waals surface area contributed by atoms with Gasteiger partial charge in [0.05, 0.1) is 30.5 Å². The number of fused-ring (bicyclic) bond motifs is 3. The highest BCUT2D eigenvalue weighted by molar-refractivity contribution is 6.39. The minimum Gasteiger partial charge on any atom is -0.456 e. The second-order valence-corrected chi connectivity index (χ2v) is 18.5. The predicted molar refractivity (Wildman–Crippen MR) is 231 cm³/mol. The molecule has 16 nitrogen and oxygen atoms in total. The monoisotopic (exact) mass is 891 g/mol. The van der Waals surface area contributed by atoms with Crippen molar-refractivity contribution in [1.82, 2.24) is 10.2 Å². The van der Waals surface area contributed by atoms with Crippen LogP contribution in [0.15, 0.2) is 23.3 Å². The summed E-state index contributed by atoms with van der Waals surface area (Å²) >= 11 is 0. The lowest BCUT2D eigenvalue weighted by atomic mass is 9.81. The van der Waals surface area contributed by atoms with Crippen molar-refractivity contribution >= 4 is 35.3 Å². The highest BCUT2D eigenvalue weighted by Gasteiger charge is 2.56. The first-order valence-electron chi connectivity index (χ1n) is 22.8. The Labute approximate surface area is 373 Å². The number of nitrogens with zero attached hydrogens (tertiary/aromatic N) is 1. The largest absolute Gasteiger partial charge is 0.456 e. The summed E-state index contributed by atoms with van der Waals surface area (Å²) in [6.07, 6.45) is 3.71. The number of aliphatic hydroxyl groups excluding tert-OH is 1. The summed E-state index contributed by atoms with van der Waals surface area (Å²) in [5.74, 6) is -8.88. The summed E-state index contributed by atoms with van der Waals surface area (Å²) in [4.78, 5) is 81.8. The second kappa shape index (κ2) is 23.6. The van der Waals surface area contributed by atoms with Gasteiger partial charge in [0.1, 0.15) is 24.0 Å². The molecule has 1 aliphatic carbocycles. The van der Waals surface area contributed by atoms with Crippen molar-refractivity contribution < 1.29 is 67.4 Å². The Kier molecular flexibility index (Phi) is 19.5. The number of hydrogen-bond donors (Lipinski definition) is 3. The second-order valence-electron chi connectivity index (χ2n) is 18.5. The molecule has 356 valence electrons. The zero-order valence-corrected chi connectivity index (χ0v) is 39.1. The molecule has 1 saturated carbocycles. The minimum atomic E-state index is -2.53. The summed E-state index contributed by atoms with van der Waals surface area (Å²) in [6.45, 7) is 11.9. The van der Waals surface area contributed by atoms with E-state index in [2.05, 4.69) is 5.32 Å². The molecule has 2 amide bonds. The van der Waals surface area contributed by atoms with E-state index in [0.717, 1.165) is 5.57 Å².